The number of carbonyl (C=O) groups excluding carboxylic acids is 1. The first kappa shape index (κ1) is 13.2. The Morgan fingerprint density at radius 3 is 2.91 bits per heavy atom. The van der Waals surface area contributed by atoms with E-state index < -0.39 is 0 Å². The summed E-state index contributed by atoms with van der Waals surface area (Å²) in [6, 6.07) is 10.4. The maximum Gasteiger partial charge on any atom is 0.277 e. The van der Waals surface area contributed by atoms with Gasteiger partial charge in [-0.1, -0.05) is 18.2 Å². The molecule has 0 saturated heterocycles. The molecule has 2 aliphatic rings. The van der Waals surface area contributed by atoms with Gasteiger partial charge in [-0.15, -0.1) is 0 Å². The first-order chi connectivity index (χ1) is 10.7. The lowest BCUT2D eigenvalue weighted by Gasteiger charge is -2.22. The molecule has 4 rings (SSSR count). The highest BCUT2D eigenvalue weighted by Crippen LogP contribution is 2.33. The van der Waals surface area contributed by atoms with Crippen molar-refractivity contribution in [1.82, 2.24) is 9.97 Å². The minimum atomic E-state index is -0.0568. The maximum atomic E-state index is 12.9. The Balaban J connectivity index is 1.64. The van der Waals surface area contributed by atoms with Crippen molar-refractivity contribution in [2.45, 2.75) is 38.3 Å². The molecule has 22 heavy (non-hydrogen) atoms. The fourth-order valence-corrected chi connectivity index (χ4v) is 2.96. The second-order valence-corrected chi connectivity index (χ2v) is 6.04. The number of hydrogen-bond acceptors (Lipinski definition) is 4. The van der Waals surface area contributed by atoms with Gasteiger partial charge in [0.15, 0.2) is 0 Å². The summed E-state index contributed by atoms with van der Waals surface area (Å²) in [5.41, 5.74) is 2.66. The number of nitrogens with one attached hydrogen (secondary N) is 1. The summed E-state index contributed by atoms with van der Waals surface area (Å²) in [7, 11) is 0. The second kappa shape index (κ2) is 5.09. The van der Waals surface area contributed by atoms with Gasteiger partial charge >= 0.3 is 0 Å². The van der Waals surface area contributed by atoms with Crippen molar-refractivity contribution in [3.63, 3.8) is 0 Å². The number of carbonyl (C=O) groups is 1. The van der Waals surface area contributed by atoms with Crippen LogP contribution in [-0.2, 0) is 6.42 Å². The van der Waals surface area contributed by atoms with Gasteiger partial charge in [-0.3, -0.25) is 4.79 Å². The van der Waals surface area contributed by atoms with Crippen LogP contribution < -0.4 is 10.2 Å². The lowest BCUT2D eigenvalue weighted by atomic mass is 10.1. The summed E-state index contributed by atoms with van der Waals surface area (Å²) in [5, 5.41) is 3.24. The number of fused-ring (bicyclic) bond motifs is 1. The van der Waals surface area contributed by atoms with E-state index in [1.165, 1.54) is 5.56 Å². The first-order valence-electron chi connectivity index (χ1n) is 7.73. The molecule has 1 aliphatic carbocycles. The molecule has 1 unspecified atom stereocenters. The Morgan fingerprint density at radius 2 is 2.09 bits per heavy atom. The van der Waals surface area contributed by atoms with Crippen molar-refractivity contribution in [2.75, 3.05) is 10.2 Å². The first-order valence-corrected chi connectivity index (χ1v) is 7.73. The number of para-hydroxylation sites is 1. The third-order valence-corrected chi connectivity index (χ3v) is 4.21. The highest BCUT2D eigenvalue weighted by molar-refractivity contribution is 6.06. The van der Waals surface area contributed by atoms with Gasteiger partial charge in [-0.05, 0) is 43.9 Å². The Kier molecular flexibility index (Phi) is 3.06. The largest absolute Gasteiger partial charge is 0.351 e. The molecule has 1 N–H and O–H groups in total. The fourth-order valence-electron chi connectivity index (χ4n) is 2.96. The van der Waals surface area contributed by atoms with Crippen LogP contribution in [0.4, 0.5) is 11.6 Å². The third-order valence-electron chi connectivity index (χ3n) is 4.21. The van der Waals surface area contributed by atoms with E-state index in [4.69, 9.17) is 0 Å². The maximum absolute atomic E-state index is 12.9. The van der Waals surface area contributed by atoms with Crippen LogP contribution in [0.1, 0.15) is 35.8 Å². The van der Waals surface area contributed by atoms with E-state index in [-0.39, 0.29) is 11.9 Å². The van der Waals surface area contributed by atoms with Crippen molar-refractivity contribution in [3.05, 3.63) is 47.8 Å². The molecule has 2 heterocycles. The summed E-state index contributed by atoms with van der Waals surface area (Å²) in [6.45, 7) is 2.07. The standard InChI is InChI=1S/C17H18N4O/c1-11-10-12-4-2-3-5-15(12)21(11)16(22)14-8-9-18-17(20-14)19-13-6-7-13/h2-5,8-9,11,13H,6-7,10H2,1H3,(H,18,19,20). The molecule has 1 atom stereocenters. The summed E-state index contributed by atoms with van der Waals surface area (Å²) < 4.78 is 0. The number of aromatic nitrogens is 2. The van der Waals surface area contributed by atoms with Gasteiger partial charge in [0, 0.05) is 24.0 Å². The average molecular weight is 294 g/mol. The molecule has 1 aromatic heterocycles. The SMILES string of the molecule is CC1Cc2ccccc2N1C(=O)c1ccnc(NC2CC2)n1. The lowest BCUT2D eigenvalue weighted by molar-refractivity contribution is 0.0976. The molecule has 1 fully saturated rings. The van der Waals surface area contributed by atoms with Gasteiger partial charge in [-0.25, -0.2) is 9.97 Å². The van der Waals surface area contributed by atoms with Crippen LogP contribution in [0.2, 0.25) is 0 Å². The number of amides is 1. The van der Waals surface area contributed by atoms with Crippen molar-refractivity contribution in [2.24, 2.45) is 0 Å². The molecule has 0 bridgehead atoms. The van der Waals surface area contributed by atoms with E-state index in [0.29, 0.717) is 17.7 Å². The van der Waals surface area contributed by atoms with Crippen LogP contribution in [0.25, 0.3) is 0 Å². The smallest absolute Gasteiger partial charge is 0.277 e. The van der Waals surface area contributed by atoms with Crippen LogP contribution in [-0.4, -0.2) is 28.0 Å². The molecule has 5 nitrogen and oxygen atoms in total. The van der Waals surface area contributed by atoms with Crippen molar-refractivity contribution < 1.29 is 4.79 Å². The normalized spacial score (nSPS) is 19.9. The van der Waals surface area contributed by atoms with E-state index in [1.54, 1.807) is 12.3 Å². The van der Waals surface area contributed by atoms with Crippen LogP contribution in [0, 0.1) is 0 Å². The molecule has 2 aromatic rings. The summed E-state index contributed by atoms with van der Waals surface area (Å²) >= 11 is 0. The Hall–Kier alpha value is -2.43. The highest BCUT2D eigenvalue weighted by atomic mass is 16.2. The van der Waals surface area contributed by atoms with Crippen molar-refractivity contribution >= 4 is 17.5 Å². The predicted octanol–water partition coefficient (Wildman–Crippen LogP) is 2.64. The topological polar surface area (TPSA) is 58.1 Å². The van der Waals surface area contributed by atoms with Crippen molar-refractivity contribution in [3.8, 4) is 0 Å². The molecule has 1 aromatic carbocycles. The number of rotatable bonds is 3. The molecular formula is C17H18N4O. The summed E-state index contributed by atoms with van der Waals surface area (Å²) in [5.74, 6) is 0.493. The Morgan fingerprint density at radius 1 is 1.27 bits per heavy atom. The third kappa shape index (κ3) is 2.32. The lowest BCUT2D eigenvalue weighted by Crippen LogP contribution is -2.36. The molecule has 0 spiro atoms. The van der Waals surface area contributed by atoms with E-state index >= 15 is 0 Å². The van der Waals surface area contributed by atoms with Crippen LogP contribution in [0.15, 0.2) is 36.5 Å². The zero-order valence-electron chi connectivity index (χ0n) is 12.5. The van der Waals surface area contributed by atoms with Crippen LogP contribution in [0.3, 0.4) is 0 Å². The zero-order valence-corrected chi connectivity index (χ0v) is 12.5. The highest BCUT2D eigenvalue weighted by Gasteiger charge is 2.32. The molecule has 1 aliphatic heterocycles. The Labute approximate surface area is 129 Å². The number of hydrogen-bond donors (Lipinski definition) is 1. The van der Waals surface area contributed by atoms with Gasteiger partial charge in [0.25, 0.3) is 5.91 Å². The van der Waals surface area contributed by atoms with Gasteiger partial charge in [0.1, 0.15) is 5.69 Å². The second-order valence-electron chi connectivity index (χ2n) is 6.04. The molecule has 112 valence electrons. The number of nitrogens with zero attached hydrogens (tertiary/aromatic N) is 3. The quantitative estimate of drug-likeness (QED) is 0.945. The van der Waals surface area contributed by atoms with Gasteiger partial charge < -0.3 is 10.2 Å². The zero-order chi connectivity index (χ0) is 15.1. The van der Waals surface area contributed by atoms with Crippen LogP contribution >= 0.6 is 0 Å². The van der Waals surface area contributed by atoms with E-state index in [2.05, 4.69) is 28.3 Å². The minimum absolute atomic E-state index is 0.0568. The summed E-state index contributed by atoms with van der Waals surface area (Å²) in [4.78, 5) is 23.3. The minimum Gasteiger partial charge on any atom is -0.351 e. The number of benzene rings is 1. The Bertz CT molecular complexity index is 726. The molecule has 1 saturated carbocycles. The fraction of sp³-hybridized carbons (Fsp3) is 0.353. The molecular weight excluding hydrogens is 276 g/mol. The molecule has 1 amide bonds. The van der Waals surface area contributed by atoms with Crippen LogP contribution in [0.5, 0.6) is 0 Å². The monoisotopic (exact) mass is 294 g/mol. The van der Waals surface area contributed by atoms with E-state index in [9.17, 15) is 4.79 Å². The predicted molar refractivity (Wildman–Crippen MR) is 85.1 cm³/mol. The molecule has 5 heteroatoms. The summed E-state index contributed by atoms with van der Waals surface area (Å²) in [6.07, 6.45) is 4.84. The van der Waals surface area contributed by atoms with Gasteiger partial charge in [0.05, 0.1) is 0 Å². The average Bonchev–Trinajstić information content (AvgIpc) is 3.27. The van der Waals surface area contributed by atoms with Gasteiger partial charge in [0.2, 0.25) is 5.95 Å². The number of anilines is 2. The molecule has 0 radical (unpaired) electrons. The van der Waals surface area contributed by atoms with Gasteiger partial charge in [-0.2, -0.15) is 0 Å². The van der Waals surface area contributed by atoms with E-state index in [1.807, 2.05) is 23.1 Å². The van der Waals surface area contributed by atoms with E-state index in [0.717, 1.165) is 24.9 Å². The van der Waals surface area contributed by atoms with Crippen molar-refractivity contribution in [1.29, 1.82) is 0 Å².